The van der Waals surface area contributed by atoms with Crippen molar-refractivity contribution in [1.82, 2.24) is 9.78 Å². The van der Waals surface area contributed by atoms with E-state index in [2.05, 4.69) is 5.10 Å². The van der Waals surface area contributed by atoms with E-state index >= 15 is 0 Å². The van der Waals surface area contributed by atoms with Crippen LogP contribution in [0.25, 0.3) is 11.5 Å². The van der Waals surface area contributed by atoms with Crippen molar-refractivity contribution in [3.05, 3.63) is 40.9 Å². The predicted molar refractivity (Wildman–Crippen MR) is 67.5 cm³/mol. The van der Waals surface area contributed by atoms with Crippen LogP contribution in [-0.2, 0) is 9.53 Å². The van der Waals surface area contributed by atoms with E-state index in [0.717, 1.165) is 4.68 Å². The number of carbonyl (C=O) groups is 1. The first-order valence-electron chi connectivity index (χ1n) is 5.95. The summed E-state index contributed by atoms with van der Waals surface area (Å²) in [5.41, 5.74) is 0.675. The highest BCUT2D eigenvalue weighted by Gasteiger charge is 2.22. The maximum atomic E-state index is 11.7. The second-order valence-electron chi connectivity index (χ2n) is 3.91. The van der Waals surface area contributed by atoms with E-state index in [4.69, 9.17) is 9.15 Å². The Bertz CT molecular complexity index is 615. The third-order valence-electron chi connectivity index (χ3n) is 2.58. The van der Waals surface area contributed by atoms with Crippen molar-refractivity contribution in [1.29, 1.82) is 0 Å². The Labute approximate surface area is 109 Å². The fourth-order valence-electron chi connectivity index (χ4n) is 1.59. The number of benzene rings is 1. The average Bonchev–Trinajstić information content (AvgIpc) is 2.81. The molecule has 1 aromatic heterocycles. The van der Waals surface area contributed by atoms with Crippen LogP contribution in [0.1, 0.15) is 19.9 Å². The second kappa shape index (κ2) is 5.51. The van der Waals surface area contributed by atoms with Gasteiger partial charge in [0.05, 0.1) is 6.61 Å². The lowest BCUT2D eigenvalue weighted by Crippen LogP contribution is -2.27. The van der Waals surface area contributed by atoms with Crippen molar-refractivity contribution >= 4 is 5.97 Å². The lowest BCUT2D eigenvalue weighted by molar-refractivity contribution is -0.147. The highest BCUT2D eigenvalue weighted by Crippen LogP contribution is 2.15. The molecule has 0 aliphatic carbocycles. The molecule has 0 saturated heterocycles. The molecule has 2 aromatic rings. The summed E-state index contributed by atoms with van der Waals surface area (Å²) in [5, 5.41) is 4.02. The number of carbonyl (C=O) groups excluding carboxylic acids is 1. The van der Waals surface area contributed by atoms with Crippen LogP contribution in [0.15, 0.2) is 39.5 Å². The van der Waals surface area contributed by atoms with Gasteiger partial charge in [0.15, 0.2) is 6.04 Å². The van der Waals surface area contributed by atoms with Gasteiger partial charge < -0.3 is 9.15 Å². The first kappa shape index (κ1) is 13.1. The first-order chi connectivity index (χ1) is 9.13. The minimum absolute atomic E-state index is 0.182. The van der Waals surface area contributed by atoms with Crippen LogP contribution in [0.4, 0.5) is 0 Å². The summed E-state index contributed by atoms with van der Waals surface area (Å²) in [4.78, 5) is 23.3. The molecule has 0 spiro atoms. The smallest absolute Gasteiger partial charge is 0.438 e. The Balaban J connectivity index is 2.32. The summed E-state index contributed by atoms with van der Waals surface area (Å²) in [5.74, 6) is -1.02. The number of esters is 1. The Morgan fingerprint density at radius 3 is 2.74 bits per heavy atom. The second-order valence-corrected chi connectivity index (χ2v) is 3.91. The summed E-state index contributed by atoms with van der Waals surface area (Å²) >= 11 is 0. The summed E-state index contributed by atoms with van der Waals surface area (Å²) in [6.45, 7) is 3.49. The molecule has 19 heavy (non-hydrogen) atoms. The van der Waals surface area contributed by atoms with E-state index in [1.807, 2.05) is 18.2 Å². The number of aromatic nitrogens is 2. The van der Waals surface area contributed by atoms with E-state index < -0.39 is 17.8 Å². The van der Waals surface area contributed by atoms with Crippen LogP contribution < -0.4 is 5.76 Å². The third-order valence-corrected chi connectivity index (χ3v) is 2.58. The van der Waals surface area contributed by atoms with Gasteiger partial charge in [0.25, 0.3) is 0 Å². The fourth-order valence-corrected chi connectivity index (χ4v) is 1.59. The number of nitrogens with zero attached hydrogens (tertiary/aromatic N) is 2. The van der Waals surface area contributed by atoms with Crippen molar-refractivity contribution in [2.75, 3.05) is 6.61 Å². The van der Waals surface area contributed by atoms with Gasteiger partial charge in [0.1, 0.15) is 0 Å². The highest BCUT2D eigenvalue weighted by molar-refractivity contribution is 5.73. The van der Waals surface area contributed by atoms with Gasteiger partial charge in [-0.3, -0.25) is 0 Å². The van der Waals surface area contributed by atoms with Gasteiger partial charge in [-0.25, -0.2) is 9.59 Å². The molecule has 6 nitrogen and oxygen atoms in total. The van der Waals surface area contributed by atoms with E-state index in [0.29, 0.717) is 5.56 Å². The van der Waals surface area contributed by atoms with Gasteiger partial charge in [0.2, 0.25) is 5.89 Å². The van der Waals surface area contributed by atoms with Crippen LogP contribution >= 0.6 is 0 Å². The molecule has 0 bridgehead atoms. The molecule has 100 valence electrons. The van der Waals surface area contributed by atoms with Gasteiger partial charge in [-0.1, -0.05) is 18.2 Å². The highest BCUT2D eigenvalue weighted by atomic mass is 16.5. The minimum atomic E-state index is -0.811. The van der Waals surface area contributed by atoms with Gasteiger partial charge in [0, 0.05) is 5.56 Å². The Hall–Kier alpha value is -2.37. The van der Waals surface area contributed by atoms with Crippen molar-refractivity contribution in [3.63, 3.8) is 0 Å². The topological polar surface area (TPSA) is 74.3 Å². The quantitative estimate of drug-likeness (QED) is 0.783. The van der Waals surface area contributed by atoms with E-state index in [1.165, 1.54) is 6.92 Å². The van der Waals surface area contributed by atoms with Crippen molar-refractivity contribution < 1.29 is 13.9 Å². The molecule has 1 atom stereocenters. The monoisotopic (exact) mass is 262 g/mol. The molecule has 0 aliphatic rings. The van der Waals surface area contributed by atoms with E-state index in [-0.39, 0.29) is 12.5 Å². The van der Waals surface area contributed by atoms with Crippen LogP contribution in [0.3, 0.4) is 0 Å². The van der Waals surface area contributed by atoms with E-state index in [1.54, 1.807) is 19.1 Å². The van der Waals surface area contributed by atoms with Crippen LogP contribution in [0.2, 0.25) is 0 Å². The minimum Gasteiger partial charge on any atom is -0.464 e. The number of hydrogen-bond acceptors (Lipinski definition) is 5. The number of ether oxygens (including phenoxy) is 1. The van der Waals surface area contributed by atoms with E-state index in [9.17, 15) is 9.59 Å². The fraction of sp³-hybridized carbons (Fsp3) is 0.308. The number of hydrogen-bond donors (Lipinski definition) is 0. The van der Waals surface area contributed by atoms with Crippen LogP contribution in [-0.4, -0.2) is 22.4 Å². The van der Waals surface area contributed by atoms with Gasteiger partial charge >= 0.3 is 11.7 Å². The maximum Gasteiger partial charge on any atom is 0.438 e. The molecule has 0 fully saturated rings. The molecule has 6 heteroatoms. The van der Waals surface area contributed by atoms with Crippen molar-refractivity contribution in [3.8, 4) is 11.5 Å². The Morgan fingerprint density at radius 2 is 2.11 bits per heavy atom. The lowest BCUT2D eigenvalue weighted by atomic mass is 10.2. The molecule has 0 amide bonds. The zero-order chi connectivity index (χ0) is 13.8. The molecule has 0 radical (unpaired) electrons. The lowest BCUT2D eigenvalue weighted by Gasteiger charge is -2.07. The molecule has 2 rings (SSSR count). The van der Waals surface area contributed by atoms with Crippen LogP contribution in [0, 0.1) is 0 Å². The molecular weight excluding hydrogens is 248 g/mol. The maximum absolute atomic E-state index is 11.7. The molecule has 0 aliphatic heterocycles. The predicted octanol–water partition coefficient (Wildman–Crippen LogP) is 1.63. The summed E-state index contributed by atoms with van der Waals surface area (Å²) in [6.07, 6.45) is 0. The summed E-state index contributed by atoms with van der Waals surface area (Å²) in [6, 6.07) is 8.19. The molecule has 1 heterocycles. The molecular formula is C13H14N2O4. The molecule has 0 saturated carbocycles. The zero-order valence-corrected chi connectivity index (χ0v) is 10.7. The normalized spacial score (nSPS) is 12.1. The Morgan fingerprint density at radius 1 is 1.42 bits per heavy atom. The summed E-state index contributed by atoms with van der Waals surface area (Å²) in [7, 11) is 0. The van der Waals surface area contributed by atoms with Gasteiger partial charge in [-0.2, -0.15) is 4.68 Å². The molecule has 1 aromatic carbocycles. The Kier molecular flexibility index (Phi) is 3.79. The average molecular weight is 262 g/mol. The number of rotatable bonds is 4. The third kappa shape index (κ3) is 2.73. The standard InChI is InChI=1S/C13H14N2O4/c1-3-18-12(16)9(2)15-13(17)19-11(14-15)10-7-5-4-6-8-10/h4-9H,3H2,1-2H3. The van der Waals surface area contributed by atoms with Crippen molar-refractivity contribution in [2.45, 2.75) is 19.9 Å². The van der Waals surface area contributed by atoms with Crippen molar-refractivity contribution in [2.24, 2.45) is 0 Å². The van der Waals surface area contributed by atoms with Gasteiger partial charge in [-0.15, -0.1) is 5.10 Å². The molecule has 0 N–H and O–H groups in total. The van der Waals surface area contributed by atoms with Gasteiger partial charge in [-0.05, 0) is 26.0 Å². The SMILES string of the molecule is CCOC(=O)C(C)n1nc(-c2ccccc2)oc1=O. The largest absolute Gasteiger partial charge is 0.464 e. The zero-order valence-electron chi connectivity index (χ0n) is 10.7. The van der Waals surface area contributed by atoms with Crippen LogP contribution in [0.5, 0.6) is 0 Å². The summed E-state index contributed by atoms with van der Waals surface area (Å²) < 4.78 is 10.9. The first-order valence-corrected chi connectivity index (χ1v) is 5.95. The molecule has 1 unspecified atom stereocenters.